The molecule has 0 unspecified atom stereocenters. The van der Waals surface area contributed by atoms with E-state index in [9.17, 15) is 4.39 Å². The van der Waals surface area contributed by atoms with Gasteiger partial charge in [0.2, 0.25) is 0 Å². The molecule has 2 aliphatic rings. The van der Waals surface area contributed by atoms with Gasteiger partial charge in [0.05, 0.1) is 22.4 Å². The molecule has 1 aromatic heterocycles. The number of nitrogens with one attached hydrogen (secondary N) is 1. The molecule has 3 nitrogen and oxygen atoms in total. The van der Waals surface area contributed by atoms with Crippen LogP contribution in [0.3, 0.4) is 0 Å². The summed E-state index contributed by atoms with van der Waals surface area (Å²) in [7, 11) is 0. The van der Waals surface area contributed by atoms with Gasteiger partial charge in [-0.2, -0.15) is 0 Å². The number of imidazole rings is 1. The fourth-order valence-corrected chi connectivity index (χ4v) is 3.95. The number of nitrogens with zero attached hydrogens (tertiary/aromatic N) is 2. The minimum Gasteiger partial charge on any atom is -0.354 e. The van der Waals surface area contributed by atoms with Crippen LogP contribution in [0.4, 0.5) is 4.39 Å². The van der Waals surface area contributed by atoms with Crippen LogP contribution in [-0.4, -0.2) is 9.55 Å². The van der Waals surface area contributed by atoms with Crippen LogP contribution in [0.15, 0.2) is 78.4 Å². The van der Waals surface area contributed by atoms with E-state index < -0.39 is 0 Å². The van der Waals surface area contributed by atoms with Gasteiger partial charge in [-0.15, -0.1) is 0 Å². The Kier molecular flexibility index (Phi) is 4.68. The molecule has 4 heteroatoms. The molecule has 30 heavy (non-hydrogen) atoms. The van der Waals surface area contributed by atoms with E-state index in [0.717, 1.165) is 46.3 Å². The quantitative estimate of drug-likeness (QED) is 0.713. The molecule has 2 heterocycles. The Morgan fingerprint density at radius 2 is 1.93 bits per heavy atom. The molecule has 0 atom stereocenters. The van der Waals surface area contributed by atoms with Gasteiger partial charge in [0.15, 0.2) is 5.48 Å². The number of fused-ring (bicyclic) bond motifs is 1. The Balaban J connectivity index is 1.61. The minimum absolute atomic E-state index is 0.257. The first-order valence-electron chi connectivity index (χ1n) is 10.1. The van der Waals surface area contributed by atoms with Crippen molar-refractivity contribution in [1.82, 2.24) is 14.9 Å². The molecule has 1 aliphatic heterocycles. The van der Waals surface area contributed by atoms with E-state index in [2.05, 4.69) is 42.3 Å². The molecule has 0 amide bonds. The lowest BCUT2D eigenvalue weighted by Gasteiger charge is -2.19. The Morgan fingerprint density at radius 1 is 1.07 bits per heavy atom. The first-order chi connectivity index (χ1) is 14.7. The summed E-state index contributed by atoms with van der Waals surface area (Å²) in [5.74, 6) is -0.257. The highest BCUT2D eigenvalue weighted by molar-refractivity contribution is 5.80. The first-order valence-corrected chi connectivity index (χ1v) is 10.1. The lowest BCUT2D eigenvalue weighted by atomic mass is 10.1. The SMILES string of the molecule is C=c1c(CC2=CC=CC2)nc2n1C=C(c1cccc(F)c1)NC=2Cc1ccccc1. The molecule has 5 rings (SSSR count). The van der Waals surface area contributed by atoms with Crippen LogP contribution in [0.5, 0.6) is 0 Å². The highest BCUT2D eigenvalue weighted by Crippen LogP contribution is 2.20. The Labute approximate surface area is 174 Å². The standard InChI is InChI=1S/C26H22FN3/c1-18-23(14-19-10-5-6-11-19)29-26-24(15-20-8-3-2-4-9-20)28-25(17-30(18)26)21-12-7-13-22(27)16-21/h2-10,12-13,16-17,28H,1,11,14-15H2. The summed E-state index contributed by atoms with van der Waals surface area (Å²) in [5, 5.41) is 4.38. The van der Waals surface area contributed by atoms with Crippen LogP contribution < -0.4 is 16.1 Å². The smallest absolute Gasteiger partial charge is 0.157 e. The summed E-state index contributed by atoms with van der Waals surface area (Å²) in [6, 6.07) is 16.9. The van der Waals surface area contributed by atoms with Crippen LogP contribution in [0.25, 0.3) is 24.2 Å². The topological polar surface area (TPSA) is 29.9 Å². The second kappa shape index (κ2) is 7.64. The van der Waals surface area contributed by atoms with E-state index in [1.165, 1.54) is 17.2 Å². The zero-order valence-corrected chi connectivity index (χ0v) is 16.6. The van der Waals surface area contributed by atoms with E-state index in [1.807, 2.05) is 35.0 Å². The van der Waals surface area contributed by atoms with Crippen LogP contribution in [0.1, 0.15) is 23.2 Å². The molecular formula is C26H22FN3. The van der Waals surface area contributed by atoms with Crippen molar-refractivity contribution in [3.63, 3.8) is 0 Å². The Hall–Kier alpha value is -3.66. The molecule has 0 bridgehead atoms. The third-order valence-electron chi connectivity index (χ3n) is 5.51. The average Bonchev–Trinajstić information content (AvgIpc) is 3.38. The van der Waals surface area contributed by atoms with Crippen LogP contribution in [0.2, 0.25) is 0 Å². The molecule has 3 aromatic rings. The van der Waals surface area contributed by atoms with Gasteiger partial charge in [-0.25, -0.2) is 9.37 Å². The van der Waals surface area contributed by atoms with Gasteiger partial charge in [0.1, 0.15) is 5.82 Å². The van der Waals surface area contributed by atoms with Crippen molar-refractivity contribution in [2.24, 2.45) is 0 Å². The van der Waals surface area contributed by atoms with Crippen LogP contribution >= 0.6 is 0 Å². The van der Waals surface area contributed by atoms with Crippen molar-refractivity contribution in [3.8, 4) is 0 Å². The maximum Gasteiger partial charge on any atom is 0.157 e. The average molecular weight is 395 g/mol. The molecule has 0 saturated carbocycles. The van der Waals surface area contributed by atoms with Crippen LogP contribution in [-0.2, 0) is 12.8 Å². The van der Waals surface area contributed by atoms with Gasteiger partial charge in [-0.1, -0.05) is 72.8 Å². The normalized spacial score (nSPS) is 14.9. The van der Waals surface area contributed by atoms with Gasteiger partial charge < -0.3 is 5.32 Å². The molecule has 1 aliphatic carbocycles. The zero-order chi connectivity index (χ0) is 20.5. The number of benzene rings is 2. The van der Waals surface area contributed by atoms with Gasteiger partial charge in [0, 0.05) is 24.6 Å². The van der Waals surface area contributed by atoms with Gasteiger partial charge in [-0.05, 0) is 24.1 Å². The van der Waals surface area contributed by atoms with E-state index >= 15 is 0 Å². The lowest BCUT2D eigenvalue weighted by Crippen LogP contribution is -2.35. The molecule has 0 fully saturated rings. The third-order valence-corrected chi connectivity index (χ3v) is 5.51. The lowest BCUT2D eigenvalue weighted by molar-refractivity contribution is 0.627. The Morgan fingerprint density at radius 3 is 2.70 bits per heavy atom. The van der Waals surface area contributed by atoms with Crippen molar-refractivity contribution in [3.05, 3.63) is 112 Å². The van der Waals surface area contributed by atoms with Gasteiger partial charge in [-0.3, -0.25) is 4.57 Å². The molecule has 0 spiro atoms. The summed E-state index contributed by atoms with van der Waals surface area (Å²) < 4.78 is 15.9. The fraction of sp³-hybridized carbons (Fsp3) is 0.115. The molecule has 1 N–H and O–H groups in total. The number of allylic oxidation sites excluding steroid dienone is 4. The summed E-state index contributed by atoms with van der Waals surface area (Å²) in [5.41, 5.74) is 6.98. The largest absolute Gasteiger partial charge is 0.354 e. The van der Waals surface area contributed by atoms with Crippen molar-refractivity contribution >= 4 is 24.2 Å². The number of halogens is 1. The first kappa shape index (κ1) is 18.4. The van der Waals surface area contributed by atoms with E-state index in [0.29, 0.717) is 6.42 Å². The number of hydrogen-bond donors (Lipinski definition) is 1. The monoisotopic (exact) mass is 395 g/mol. The van der Waals surface area contributed by atoms with E-state index in [-0.39, 0.29) is 5.82 Å². The minimum atomic E-state index is -0.257. The fourth-order valence-electron chi connectivity index (χ4n) is 3.95. The molecule has 0 radical (unpaired) electrons. The second-order valence-corrected chi connectivity index (χ2v) is 7.65. The highest BCUT2D eigenvalue weighted by atomic mass is 19.1. The third kappa shape index (κ3) is 3.52. The summed E-state index contributed by atoms with van der Waals surface area (Å²) in [6.45, 7) is 4.32. The number of aromatic nitrogens is 2. The zero-order valence-electron chi connectivity index (χ0n) is 16.6. The van der Waals surface area contributed by atoms with E-state index in [4.69, 9.17) is 4.98 Å². The van der Waals surface area contributed by atoms with Crippen LogP contribution in [0, 0.1) is 5.82 Å². The maximum atomic E-state index is 13.9. The molecule has 2 aromatic carbocycles. The van der Waals surface area contributed by atoms with Gasteiger partial charge >= 0.3 is 0 Å². The predicted molar refractivity (Wildman–Crippen MR) is 120 cm³/mol. The van der Waals surface area contributed by atoms with Gasteiger partial charge in [0.25, 0.3) is 0 Å². The van der Waals surface area contributed by atoms with Crippen molar-refractivity contribution in [1.29, 1.82) is 0 Å². The maximum absolute atomic E-state index is 13.9. The molecule has 148 valence electrons. The van der Waals surface area contributed by atoms with E-state index in [1.54, 1.807) is 12.1 Å². The predicted octanol–water partition coefficient (Wildman–Crippen LogP) is 3.77. The number of rotatable bonds is 5. The molecular weight excluding hydrogens is 373 g/mol. The number of hydrogen-bond acceptors (Lipinski definition) is 2. The summed E-state index contributed by atoms with van der Waals surface area (Å²) in [6.07, 6.45) is 10.8. The summed E-state index contributed by atoms with van der Waals surface area (Å²) >= 11 is 0. The Bertz CT molecular complexity index is 1310. The van der Waals surface area contributed by atoms with Crippen molar-refractivity contribution in [2.75, 3.05) is 0 Å². The molecule has 0 saturated heterocycles. The summed E-state index contributed by atoms with van der Waals surface area (Å²) in [4.78, 5) is 4.95. The second-order valence-electron chi connectivity index (χ2n) is 7.65. The van der Waals surface area contributed by atoms with Crippen molar-refractivity contribution in [2.45, 2.75) is 19.3 Å². The van der Waals surface area contributed by atoms with Crippen molar-refractivity contribution < 1.29 is 4.39 Å². The highest BCUT2D eigenvalue weighted by Gasteiger charge is 2.18.